The average Bonchev–Trinajstić information content (AvgIpc) is 2.47. The van der Waals surface area contributed by atoms with Gasteiger partial charge >= 0.3 is 0 Å². The van der Waals surface area contributed by atoms with Crippen LogP contribution in [-0.4, -0.2) is 18.0 Å². The number of halogens is 3. The molecule has 1 N–H and O–H groups in total. The monoisotopic (exact) mass is 368 g/mol. The normalized spacial score (nSPS) is 10.9. The van der Waals surface area contributed by atoms with Gasteiger partial charge in [-0.15, -0.1) is 0 Å². The Labute approximate surface area is 134 Å². The van der Waals surface area contributed by atoms with Crippen molar-refractivity contribution in [1.29, 1.82) is 0 Å². The highest BCUT2D eigenvalue weighted by molar-refractivity contribution is 9.10. The second-order valence-electron chi connectivity index (χ2n) is 4.37. The van der Waals surface area contributed by atoms with Crippen LogP contribution < -0.4 is 4.74 Å². The molecule has 0 radical (unpaired) electrons. The number of hydrogen-bond acceptors (Lipinski definition) is 3. The molecule has 0 aromatic heterocycles. The molecule has 0 heterocycles. The Balaban J connectivity index is 2.28. The number of rotatable bonds is 4. The fraction of sp³-hybridized carbons (Fsp3) is 0.0625. The number of methoxy groups -OCH3 is 1. The van der Waals surface area contributed by atoms with Crippen LogP contribution in [0.1, 0.15) is 15.9 Å². The Bertz CT molecular complexity index is 757. The molecule has 0 spiro atoms. The third-order valence-electron chi connectivity index (χ3n) is 2.91. The fourth-order valence-corrected chi connectivity index (χ4v) is 2.25. The summed E-state index contributed by atoms with van der Waals surface area (Å²) >= 11 is 3.28. The molecule has 0 bridgehead atoms. The molecular formula is C16H11BrF2O3. The number of carbonyl (C=O) groups excluding carboxylic acids is 1. The number of phenols is 1. The molecule has 6 heteroatoms. The van der Waals surface area contributed by atoms with Gasteiger partial charge in [0.25, 0.3) is 0 Å². The van der Waals surface area contributed by atoms with Gasteiger partial charge in [0.2, 0.25) is 0 Å². The Morgan fingerprint density at radius 2 is 2.00 bits per heavy atom. The molecule has 0 aliphatic carbocycles. The van der Waals surface area contributed by atoms with Crippen molar-refractivity contribution in [1.82, 2.24) is 0 Å². The summed E-state index contributed by atoms with van der Waals surface area (Å²) in [5.41, 5.74) is 0.278. The first kappa shape index (κ1) is 16.2. The van der Waals surface area contributed by atoms with E-state index in [1.54, 1.807) is 0 Å². The van der Waals surface area contributed by atoms with Crippen LogP contribution in [-0.2, 0) is 0 Å². The molecule has 3 nitrogen and oxygen atoms in total. The van der Waals surface area contributed by atoms with Crippen LogP contribution in [0.4, 0.5) is 8.78 Å². The summed E-state index contributed by atoms with van der Waals surface area (Å²) in [6, 6.07) is 5.68. The maximum absolute atomic E-state index is 13.5. The van der Waals surface area contributed by atoms with Crippen molar-refractivity contribution in [2.24, 2.45) is 0 Å². The van der Waals surface area contributed by atoms with E-state index in [4.69, 9.17) is 4.74 Å². The summed E-state index contributed by atoms with van der Waals surface area (Å²) in [5, 5.41) is 9.71. The molecule has 0 amide bonds. The standard InChI is InChI=1S/C16H11BrF2O3/c1-22-16-8-12(17)9(6-15(16)21)2-5-14(20)11-4-3-10(18)7-13(11)19/h2-8,21H,1H3/b5-2+. The van der Waals surface area contributed by atoms with Gasteiger partial charge in [-0.1, -0.05) is 15.9 Å². The van der Waals surface area contributed by atoms with Crippen molar-refractivity contribution in [3.05, 3.63) is 63.6 Å². The molecule has 2 aromatic rings. The van der Waals surface area contributed by atoms with E-state index >= 15 is 0 Å². The van der Waals surface area contributed by atoms with E-state index in [2.05, 4.69) is 15.9 Å². The molecule has 2 rings (SSSR count). The largest absolute Gasteiger partial charge is 0.504 e. The summed E-state index contributed by atoms with van der Waals surface area (Å²) in [4.78, 5) is 11.9. The van der Waals surface area contributed by atoms with Crippen LogP contribution in [0.5, 0.6) is 11.5 Å². The lowest BCUT2D eigenvalue weighted by atomic mass is 10.1. The average molecular weight is 369 g/mol. The first-order valence-electron chi connectivity index (χ1n) is 6.16. The number of allylic oxidation sites excluding steroid dienone is 1. The lowest BCUT2D eigenvalue weighted by Crippen LogP contribution is -1.99. The van der Waals surface area contributed by atoms with Crippen LogP contribution in [0.3, 0.4) is 0 Å². The second-order valence-corrected chi connectivity index (χ2v) is 5.22. The first-order chi connectivity index (χ1) is 10.4. The van der Waals surface area contributed by atoms with E-state index < -0.39 is 17.4 Å². The number of benzene rings is 2. The van der Waals surface area contributed by atoms with Gasteiger partial charge in [0.15, 0.2) is 17.3 Å². The number of carbonyl (C=O) groups is 1. The summed E-state index contributed by atoms with van der Waals surface area (Å²) in [6.45, 7) is 0. The van der Waals surface area contributed by atoms with Crippen LogP contribution in [0.25, 0.3) is 6.08 Å². The number of phenolic OH excluding ortho intramolecular Hbond substituents is 1. The molecule has 0 saturated carbocycles. The molecular weight excluding hydrogens is 358 g/mol. The fourth-order valence-electron chi connectivity index (χ4n) is 1.80. The van der Waals surface area contributed by atoms with Crippen molar-refractivity contribution >= 4 is 27.8 Å². The maximum atomic E-state index is 13.5. The molecule has 114 valence electrons. The van der Waals surface area contributed by atoms with Crippen LogP contribution in [0, 0.1) is 11.6 Å². The lowest BCUT2D eigenvalue weighted by Gasteiger charge is -2.06. The zero-order chi connectivity index (χ0) is 16.3. The van der Waals surface area contributed by atoms with E-state index in [-0.39, 0.29) is 17.1 Å². The smallest absolute Gasteiger partial charge is 0.188 e. The van der Waals surface area contributed by atoms with E-state index in [0.717, 1.165) is 18.2 Å². The number of hydrogen-bond donors (Lipinski definition) is 1. The minimum Gasteiger partial charge on any atom is -0.504 e. The highest BCUT2D eigenvalue weighted by atomic mass is 79.9. The molecule has 0 aliphatic heterocycles. The van der Waals surface area contributed by atoms with Gasteiger partial charge in [-0.05, 0) is 42.0 Å². The third kappa shape index (κ3) is 3.51. The van der Waals surface area contributed by atoms with Gasteiger partial charge in [-0.3, -0.25) is 4.79 Å². The predicted molar refractivity (Wildman–Crippen MR) is 82.1 cm³/mol. The zero-order valence-corrected chi connectivity index (χ0v) is 13.0. The van der Waals surface area contributed by atoms with E-state index in [1.165, 1.54) is 25.3 Å². The van der Waals surface area contributed by atoms with Crippen molar-refractivity contribution in [2.45, 2.75) is 0 Å². The van der Waals surface area contributed by atoms with Gasteiger partial charge in [0, 0.05) is 10.5 Å². The highest BCUT2D eigenvalue weighted by Crippen LogP contribution is 2.33. The Hall–Kier alpha value is -2.21. The maximum Gasteiger partial charge on any atom is 0.188 e. The molecule has 2 aromatic carbocycles. The molecule has 0 saturated heterocycles. The SMILES string of the molecule is COc1cc(Br)c(/C=C/C(=O)c2ccc(F)cc2F)cc1O. The van der Waals surface area contributed by atoms with Gasteiger partial charge in [-0.25, -0.2) is 8.78 Å². The van der Waals surface area contributed by atoms with Crippen molar-refractivity contribution in [2.75, 3.05) is 7.11 Å². The predicted octanol–water partition coefficient (Wildman–Crippen LogP) is 4.34. The Kier molecular flexibility index (Phi) is 4.92. The summed E-state index contributed by atoms with van der Waals surface area (Å²) in [5.74, 6) is -2.10. The van der Waals surface area contributed by atoms with E-state index in [0.29, 0.717) is 16.1 Å². The minimum absolute atomic E-state index is 0.0919. The number of ketones is 1. The van der Waals surface area contributed by atoms with E-state index in [9.17, 15) is 18.7 Å². The lowest BCUT2D eigenvalue weighted by molar-refractivity contribution is 0.104. The molecule has 0 atom stereocenters. The number of ether oxygens (including phenoxy) is 1. The summed E-state index contributed by atoms with van der Waals surface area (Å²) in [6.07, 6.45) is 2.55. The number of aromatic hydroxyl groups is 1. The van der Waals surface area contributed by atoms with Crippen LogP contribution in [0.2, 0.25) is 0 Å². The van der Waals surface area contributed by atoms with E-state index in [1.807, 2.05) is 0 Å². The van der Waals surface area contributed by atoms with Gasteiger partial charge < -0.3 is 9.84 Å². The quantitative estimate of drug-likeness (QED) is 0.644. The minimum atomic E-state index is -0.925. The molecule has 0 fully saturated rings. The van der Waals surface area contributed by atoms with Crippen molar-refractivity contribution in [3.8, 4) is 11.5 Å². The molecule has 0 unspecified atom stereocenters. The van der Waals surface area contributed by atoms with Gasteiger partial charge in [0.05, 0.1) is 12.7 Å². The van der Waals surface area contributed by atoms with Crippen LogP contribution >= 0.6 is 15.9 Å². The van der Waals surface area contributed by atoms with Crippen LogP contribution in [0.15, 0.2) is 40.9 Å². The van der Waals surface area contributed by atoms with Crippen molar-refractivity contribution in [3.63, 3.8) is 0 Å². The highest BCUT2D eigenvalue weighted by Gasteiger charge is 2.11. The Morgan fingerprint density at radius 3 is 2.64 bits per heavy atom. The van der Waals surface area contributed by atoms with Crippen molar-refractivity contribution < 1.29 is 23.4 Å². The van der Waals surface area contributed by atoms with Gasteiger partial charge in [0.1, 0.15) is 11.6 Å². The third-order valence-corrected chi connectivity index (χ3v) is 3.60. The summed E-state index contributed by atoms with van der Waals surface area (Å²) in [7, 11) is 1.41. The Morgan fingerprint density at radius 1 is 1.27 bits per heavy atom. The first-order valence-corrected chi connectivity index (χ1v) is 6.95. The molecule has 22 heavy (non-hydrogen) atoms. The second kappa shape index (κ2) is 6.70. The van der Waals surface area contributed by atoms with Gasteiger partial charge in [-0.2, -0.15) is 0 Å². The molecule has 0 aliphatic rings. The topological polar surface area (TPSA) is 46.5 Å². The zero-order valence-electron chi connectivity index (χ0n) is 11.4. The summed E-state index contributed by atoms with van der Waals surface area (Å²) < 4.78 is 31.9.